The number of halogens is 1. The highest BCUT2D eigenvalue weighted by molar-refractivity contribution is 7.53. The fourth-order valence-corrected chi connectivity index (χ4v) is 4.57. The van der Waals surface area contributed by atoms with Gasteiger partial charge in [-0.15, -0.1) is 0 Å². The van der Waals surface area contributed by atoms with Crippen molar-refractivity contribution >= 4 is 24.7 Å². The predicted octanol–water partition coefficient (Wildman–Crippen LogP) is 3.38. The molecular weight excluding hydrogens is 496 g/mol. The van der Waals surface area contributed by atoms with Crippen LogP contribution in [0.2, 0.25) is 0 Å². The van der Waals surface area contributed by atoms with Crippen molar-refractivity contribution in [2.75, 3.05) is 25.3 Å². The molecule has 3 heterocycles. The highest BCUT2D eigenvalue weighted by atomic mass is 31.2. The summed E-state index contributed by atoms with van der Waals surface area (Å²) in [6.45, 7) is 5.39. The molecule has 12 nitrogen and oxygen atoms in total. The second kappa shape index (κ2) is 11.0. The van der Waals surface area contributed by atoms with Crippen molar-refractivity contribution in [1.29, 1.82) is 0 Å². The van der Waals surface area contributed by atoms with Gasteiger partial charge < -0.3 is 29.0 Å². The smallest absolute Gasteiger partial charge is 0.356 e. The Morgan fingerprint density at radius 3 is 2.81 bits per heavy atom. The lowest BCUT2D eigenvalue weighted by atomic mass is 10.2. The quantitative estimate of drug-likeness (QED) is 0.268. The Bertz CT molecular complexity index is 1400. The van der Waals surface area contributed by atoms with Crippen molar-refractivity contribution in [2.45, 2.75) is 26.5 Å². The molecule has 0 aliphatic carbocycles. The van der Waals surface area contributed by atoms with Gasteiger partial charge in [-0.05, 0) is 24.3 Å². The number of nitrogen functional groups attached to an aromatic ring is 1. The topological polar surface area (TPSA) is 153 Å². The molecular formula is C22H25FN5O7P. The van der Waals surface area contributed by atoms with Gasteiger partial charge in [-0.3, -0.25) is 18.9 Å². The van der Waals surface area contributed by atoms with Crippen molar-refractivity contribution in [3.05, 3.63) is 76.4 Å². The van der Waals surface area contributed by atoms with Gasteiger partial charge in [-0.1, -0.05) is 19.1 Å². The molecule has 0 bridgehead atoms. The molecule has 0 spiro atoms. The van der Waals surface area contributed by atoms with Crippen LogP contribution in [0.25, 0.3) is 11.2 Å². The van der Waals surface area contributed by atoms with Crippen molar-refractivity contribution < 1.29 is 32.2 Å². The average molecular weight is 521 g/mol. The Labute approximate surface area is 205 Å². The number of ether oxygens (including phenoxy) is 3. The second-order valence-electron chi connectivity index (χ2n) is 7.66. The number of H-pyrrole nitrogens is 1. The van der Waals surface area contributed by atoms with Crippen LogP contribution >= 0.6 is 7.60 Å². The van der Waals surface area contributed by atoms with Crippen LogP contribution in [0.4, 0.5) is 10.3 Å². The molecule has 1 atom stereocenters. The average Bonchev–Trinajstić information content (AvgIpc) is 3.42. The van der Waals surface area contributed by atoms with E-state index in [2.05, 4.69) is 21.5 Å². The van der Waals surface area contributed by atoms with Crippen LogP contribution in [0, 0.1) is 5.82 Å². The Morgan fingerprint density at radius 2 is 2.03 bits per heavy atom. The first kappa shape index (κ1) is 25.6. The minimum absolute atomic E-state index is 0.0413. The zero-order chi connectivity index (χ0) is 25.7. The minimum atomic E-state index is -3.84. The Kier molecular flexibility index (Phi) is 7.85. The zero-order valence-corrected chi connectivity index (χ0v) is 20.3. The van der Waals surface area contributed by atoms with Crippen LogP contribution in [0.3, 0.4) is 0 Å². The van der Waals surface area contributed by atoms with E-state index in [9.17, 15) is 13.8 Å². The first-order valence-corrected chi connectivity index (χ1v) is 12.7. The largest absolute Gasteiger partial charge is 0.427 e. The third-order valence-electron chi connectivity index (χ3n) is 5.03. The third kappa shape index (κ3) is 6.18. The van der Waals surface area contributed by atoms with Gasteiger partial charge in [0.15, 0.2) is 16.9 Å². The Morgan fingerprint density at radius 1 is 1.25 bits per heavy atom. The fraction of sp³-hybridized carbons (Fsp3) is 0.318. The molecule has 0 saturated carbocycles. The van der Waals surface area contributed by atoms with Gasteiger partial charge in [0, 0.05) is 13.0 Å². The molecule has 0 saturated heterocycles. The lowest BCUT2D eigenvalue weighted by Crippen LogP contribution is -2.13. The van der Waals surface area contributed by atoms with E-state index in [1.807, 2.05) is 6.92 Å². The van der Waals surface area contributed by atoms with Gasteiger partial charge in [0.2, 0.25) is 5.95 Å². The summed E-state index contributed by atoms with van der Waals surface area (Å²) in [6.07, 6.45) is 1.54. The summed E-state index contributed by atoms with van der Waals surface area (Å²) < 4.78 is 56.1. The highest BCUT2D eigenvalue weighted by Crippen LogP contribution is 2.50. The second-order valence-corrected chi connectivity index (χ2v) is 9.66. The summed E-state index contributed by atoms with van der Waals surface area (Å²) in [4.78, 5) is 22.4. The number of nitrogens with one attached hydrogen (secondary N) is 1. The van der Waals surface area contributed by atoms with Gasteiger partial charge in [0.05, 0.1) is 19.5 Å². The molecule has 0 radical (unpaired) electrons. The van der Waals surface area contributed by atoms with Crippen molar-refractivity contribution in [3.63, 3.8) is 0 Å². The standard InChI is InChI=1S/C22H25FN5O7P/c1-3-17-18(35-14(2)34-17)11-33-36(30,32-10-15-5-4-6-16(23)9-15)13-31-8-7-28-12-25-19-20(28)26-22(24)27-21(19)29/h4-6,9,12H,2-3,7-8,10-11,13H2,1H3,(H3,24,26,27,29). The molecule has 1 unspecified atom stereocenters. The molecule has 2 aromatic heterocycles. The molecule has 1 aliphatic rings. The Balaban J connectivity index is 1.41. The maximum atomic E-state index is 13.5. The van der Waals surface area contributed by atoms with Crippen LogP contribution in [-0.4, -0.2) is 39.1 Å². The lowest BCUT2D eigenvalue weighted by Gasteiger charge is -2.19. The number of benzene rings is 1. The molecule has 3 N–H and O–H groups in total. The number of hydrogen-bond donors (Lipinski definition) is 2. The van der Waals surface area contributed by atoms with Crippen molar-refractivity contribution in [3.8, 4) is 0 Å². The molecule has 3 aromatic rings. The molecule has 0 amide bonds. The van der Waals surface area contributed by atoms with E-state index in [0.29, 0.717) is 29.1 Å². The van der Waals surface area contributed by atoms with E-state index in [-0.39, 0.29) is 43.8 Å². The van der Waals surface area contributed by atoms with Crippen LogP contribution in [0.5, 0.6) is 0 Å². The van der Waals surface area contributed by atoms with Gasteiger partial charge >= 0.3 is 7.60 Å². The van der Waals surface area contributed by atoms with E-state index in [0.717, 1.165) is 0 Å². The van der Waals surface area contributed by atoms with E-state index < -0.39 is 25.3 Å². The molecule has 0 fully saturated rings. The fourth-order valence-electron chi connectivity index (χ4n) is 3.33. The summed E-state index contributed by atoms with van der Waals surface area (Å²) in [5.74, 6) is 0.442. The van der Waals surface area contributed by atoms with Crippen LogP contribution in [0.15, 0.2) is 59.4 Å². The number of nitrogens with two attached hydrogens (primary N) is 1. The Hall–Kier alpha value is -3.51. The molecule has 14 heteroatoms. The monoisotopic (exact) mass is 521 g/mol. The zero-order valence-electron chi connectivity index (χ0n) is 19.4. The van der Waals surface area contributed by atoms with Crippen LogP contribution < -0.4 is 11.3 Å². The van der Waals surface area contributed by atoms with Gasteiger partial charge in [0.25, 0.3) is 11.5 Å². The summed E-state index contributed by atoms with van der Waals surface area (Å²) in [7, 11) is -3.84. The number of aromatic amines is 1. The number of fused-ring (bicyclic) bond motifs is 1. The van der Waals surface area contributed by atoms with E-state index >= 15 is 0 Å². The van der Waals surface area contributed by atoms with E-state index in [1.165, 1.54) is 24.5 Å². The van der Waals surface area contributed by atoms with Gasteiger partial charge in [0.1, 0.15) is 24.5 Å². The number of imidazole rings is 1. The normalized spacial score (nSPS) is 15.2. The molecule has 192 valence electrons. The van der Waals surface area contributed by atoms with Gasteiger partial charge in [-0.25, -0.2) is 9.37 Å². The third-order valence-corrected chi connectivity index (χ3v) is 6.58. The molecule has 36 heavy (non-hydrogen) atoms. The van der Waals surface area contributed by atoms with Gasteiger partial charge in [-0.2, -0.15) is 4.98 Å². The number of aromatic nitrogens is 4. The number of allylic oxidation sites excluding steroid dienone is 1. The van der Waals surface area contributed by atoms with E-state index in [4.69, 9.17) is 29.0 Å². The highest BCUT2D eigenvalue weighted by Gasteiger charge is 2.29. The molecule has 1 aromatic carbocycles. The molecule has 4 rings (SSSR count). The minimum Gasteiger partial charge on any atom is -0.427 e. The number of rotatable bonds is 12. The first-order chi connectivity index (χ1) is 17.3. The predicted molar refractivity (Wildman–Crippen MR) is 127 cm³/mol. The SMILES string of the molecule is C=C1OC(CC)=C(COP(=O)(COCCn2cnc3c(=O)[nH]c(N)nc32)OCc2cccc(F)c2)O1. The summed E-state index contributed by atoms with van der Waals surface area (Å²) in [5.41, 5.74) is 6.05. The summed E-state index contributed by atoms with van der Waals surface area (Å²) >= 11 is 0. The maximum absolute atomic E-state index is 13.5. The van der Waals surface area contributed by atoms with Crippen molar-refractivity contribution in [2.24, 2.45) is 0 Å². The lowest BCUT2D eigenvalue weighted by molar-refractivity contribution is 0.114. The number of anilines is 1. The summed E-state index contributed by atoms with van der Waals surface area (Å²) in [5, 5.41) is 0. The van der Waals surface area contributed by atoms with E-state index in [1.54, 1.807) is 10.6 Å². The van der Waals surface area contributed by atoms with Crippen molar-refractivity contribution in [1.82, 2.24) is 19.5 Å². The summed E-state index contributed by atoms with van der Waals surface area (Å²) in [6, 6.07) is 5.72. The van der Waals surface area contributed by atoms with Crippen LogP contribution in [-0.2, 0) is 41.0 Å². The maximum Gasteiger partial charge on any atom is 0.356 e. The number of nitrogens with zero attached hydrogens (tertiary/aromatic N) is 3. The number of hydrogen-bond acceptors (Lipinski definition) is 10. The van der Waals surface area contributed by atoms with Crippen LogP contribution in [0.1, 0.15) is 18.9 Å². The first-order valence-electron chi connectivity index (χ1n) is 10.9. The molecule has 1 aliphatic heterocycles.